The van der Waals surface area contributed by atoms with E-state index in [1.54, 1.807) is 12.1 Å². The predicted octanol–water partition coefficient (Wildman–Crippen LogP) is 3.06. The van der Waals surface area contributed by atoms with Gasteiger partial charge in [0.2, 0.25) is 0 Å². The van der Waals surface area contributed by atoms with E-state index in [1.807, 2.05) is 18.2 Å². The van der Waals surface area contributed by atoms with Crippen molar-refractivity contribution in [2.24, 2.45) is 0 Å². The number of aliphatic hydroxyl groups excluding tert-OH is 1. The standard InChI is InChI=1S/C13H14O2/c1-3-5-11-6-4-7-12(9-11)13(15)8-10(2)14/h3-4,6-7,9,14H,1-2,5,8H2. The van der Waals surface area contributed by atoms with E-state index in [2.05, 4.69) is 13.2 Å². The van der Waals surface area contributed by atoms with Crippen LogP contribution < -0.4 is 0 Å². The van der Waals surface area contributed by atoms with Gasteiger partial charge < -0.3 is 5.11 Å². The molecule has 0 spiro atoms. The van der Waals surface area contributed by atoms with E-state index in [0.717, 1.165) is 12.0 Å². The van der Waals surface area contributed by atoms with Crippen LogP contribution in [0.2, 0.25) is 0 Å². The molecule has 78 valence electrons. The van der Waals surface area contributed by atoms with Crippen LogP contribution in [0.1, 0.15) is 22.3 Å². The smallest absolute Gasteiger partial charge is 0.170 e. The number of ketones is 1. The maximum absolute atomic E-state index is 11.6. The SMILES string of the molecule is C=CCc1cccc(C(=O)CC(=C)O)c1. The summed E-state index contributed by atoms with van der Waals surface area (Å²) in [6, 6.07) is 7.31. The van der Waals surface area contributed by atoms with Crippen LogP contribution in [0.3, 0.4) is 0 Å². The van der Waals surface area contributed by atoms with Gasteiger partial charge in [-0.05, 0) is 18.1 Å². The number of rotatable bonds is 5. The summed E-state index contributed by atoms with van der Waals surface area (Å²) in [6.07, 6.45) is 2.51. The van der Waals surface area contributed by atoms with Crippen LogP contribution in [-0.2, 0) is 6.42 Å². The van der Waals surface area contributed by atoms with Crippen molar-refractivity contribution in [3.8, 4) is 0 Å². The molecule has 0 heterocycles. The van der Waals surface area contributed by atoms with Gasteiger partial charge in [-0.2, -0.15) is 0 Å². The van der Waals surface area contributed by atoms with Gasteiger partial charge in [0.05, 0.1) is 12.2 Å². The van der Waals surface area contributed by atoms with Gasteiger partial charge in [-0.25, -0.2) is 0 Å². The number of benzene rings is 1. The van der Waals surface area contributed by atoms with E-state index < -0.39 is 0 Å². The van der Waals surface area contributed by atoms with Crippen LogP contribution in [0.4, 0.5) is 0 Å². The Morgan fingerprint density at radius 1 is 1.47 bits per heavy atom. The quantitative estimate of drug-likeness (QED) is 0.452. The summed E-state index contributed by atoms with van der Waals surface area (Å²) >= 11 is 0. The van der Waals surface area contributed by atoms with Crippen molar-refractivity contribution in [2.75, 3.05) is 0 Å². The molecule has 0 aliphatic carbocycles. The minimum Gasteiger partial charge on any atom is -0.512 e. The third kappa shape index (κ3) is 3.43. The lowest BCUT2D eigenvalue weighted by molar-refractivity contribution is 0.0980. The zero-order valence-corrected chi connectivity index (χ0v) is 8.57. The first-order valence-corrected chi connectivity index (χ1v) is 4.73. The Kier molecular flexibility index (Phi) is 3.86. The Morgan fingerprint density at radius 2 is 2.20 bits per heavy atom. The third-order valence-electron chi connectivity index (χ3n) is 1.99. The Morgan fingerprint density at radius 3 is 2.80 bits per heavy atom. The average molecular weight is 202 g/mol. The second-order valence-corrected chi connectivity index (χ2v) is 3.36. The van der Waals surface area contributed by atoms with Gasteiger partial charge in [0.1, 0.15) is 0 Å². The molecule has 15 heavy (non-hydrogen) atoms. The lowest BCUT2D eigenvalue weighted by Crippen LogP contribution is -2.00. The van der Waals surface area contributed by atoms with Crippen LogP contribution >= 0.6 is 0 Å². The molecule has 0 aliphatic heterocycles. The molecule has 0 saturated heterocycles. The van der Waals surface area contributed by atoms with E-state index in [4.69, 9.17) is 5.11 Å². The largest absolute Gasteiger partial charge is 0.512 e. The Balaban J connectivity index is 2.84. The second-order valence-electron chi connectivity index (χ2n) is 3.36. The summed E-state index contributed by atoms with van der Waals surface area (Å²) in [5.41, 5.74) is 1.64. The first kappa shape index (κ1) is 11.2. The van der Waals surface area contributed by atoms with Crippen molar-refractivity contribution in [2.45, 2.75) is 12.8 Å². The van der Waals surface area contributed by atoms with Crippen LogP contribution in [0, 0.1) is 0 Å². The Bertz CT molecular complexity index is 391. The monoisotopic (exact) mass is 202 g/mol. The fraction of sp³-hybridized carbons (Fsp3) is 0.154. The summed E-state index contributed by atoms with van der Waals surface area (Å²) in [5, 5.41) is 8.93. The number of allylic oxidation sites excluding steroid dienone is 2. The normalized spacial score (nSPS) is 9.60. The van der Waals surface area contributed by atoms with Crippen LogP contribution in [0.25, 0.3) is 0 Å². The lowest BCUT2D eigenvalue weighted by atomic mass is 10.0. The molecule has 0 saturated carbocycles. The summed E-state index contributed by atoms with van der Waals surface area (Å²) in [4.78, 5) is 11.6. The minimum absolute atomic E-state index is 0.0163. The summed E-state index contributed by atoms with van der Waals surface area (Å²) in [5.74, 6) is -0.220. The van der Waals surface area contributed by atoms with Crippen molar-refractivity contribution in [3.05, 3.63) is 60.4 Å². The van der Waals surface area contributed by atoms with Crippen molar-refractivity contribution >= 4 is 5.78 Å². The highest BCUT2D eigenvalue weighted by Crippen LogP contribution is 2.10. The molecule has 0 atom stereocenters. The van der Waals surface area contributed by atoms with Crippen LogP contribution in [0.15, 0.2) is 49.3 Å². The Hall–Kier alpha value is -1.83. The van der Waals surface area contributed by atoms with E-state index in [9.17, 15) is 4.79 Å². The number of carbonyl (C=O) groups is 1. The lowest BCUT2D eigenvalue weighted by Gasteiger charge is -2.02. The highest BCUT2D eigenvalue weighted by Gasteiger charge is 2.07. The molecular weight excluding hydrogens is 188 g/mol. The van der Waals surface area contributed by atoms with Crippen molar-refractivity contribution in [1.29, 1.82) is 0 Å². The van der Waals surface area contributed by atoms with Crippen molar-refractivity contribution in [3.63, 3.8) is 0 Å². The Labute approximate surface area is 89.6 Å². The van der Waals surface area contributed by atoms with Crippen molar-refractivity contribution < 1.29 is 9.90 Å². The molecule has 0 unspecified atom stereocenters. The van der Waals surface area contributed by atoms with Gasteiger partial charge >= 0.3 is 0 Å². The third-order valence-corrected chi connectivity index (χ3v) is 1.99. The minimum atomic E-state index is -0.117. The molecular formula is C13H14O2. The molecule has 2 nitrogen and oxygen atoms in total. The molecule has 0 amide bonds. The van der Waals surface area contributed by atoms with E-state index in [0.29, 0.717) is 5.56 Å². The van der Waals surface area contributed by atoms with Crippen LogP contribution in [-0.4, -0.2) is 10.9 Å². The molecule has 0 aliphatic rings. The fourth-order valence-corrected chi connectivity index (χ4v) is 1.33. The van der Waals surface area contributed by atoms with E-state index in [1.165, 1.54) is 0 Å². The van der Waals surface area contributed by atoms with Gasteiger partial charge in [0, 0.05) is 5.56 Å². The highest BCUT2D eigenvalue weighted by molar-refractivity contribution is 5.97. The number of hydrogen-bond acceptors (Lipinski definition) is 2. The van der Waals surface area contributed by atoms with Crippen molar-refractivity contribution in [1.82, 2.24) is 0 Å². The maximum atomic E-state index is 11.6. The number of Topliss-reactive ketones (excluding diaryl/α,β-unsaturated/α-hetero) is 1. The number of carbonyl (C=O) groups excluding carboxylic acids is 1. The van der Waals surface area contributed by atoms with Gasteiger partial charge in [0.15, 0.2) is 5.78 Å². The topological polar surface area (TPSA) is 37.3 Å². The number of aliphatic hydroxyl groups is 1. The summed E-state index contributed by atoms with van der Waals surface area (Å²) < 4.78 is 0. The highest BCUT2D eigenvalue weighted by atomic mass is 16.3. The molecule has 2 heteroatoms. The maximum Gasteiger partial charge on any atom is 0.170 e. The zero-order valence-electron chi connectivity index (χ0n) is 8.57. The molecule has 0 fully saturated rings. The second kappa shape index (κ2) is 5.15. The first-order chi connectivity index (χ1) is 7.13. The zero-order chi connectivity index (χ0) is 11.3. The molecule has 1 aromatic carbocycles. The molecule has 1 aromatic rings. The predicted molar refractivity (Wildman–Crippen MR) is 61.1 cm³/mol. The number of hydrogen-bond donors (Lipinski definition) is 1. The van der Waals surface area contributed by atoms with Gasteiger partial charge in [-0.15, -0.1) is 6.58 Å². The molecule has 1 rings (SSSR count). The summed E-state index contributed by atoms with van der Waals surface area (Å²) in [7, 11) is 0. The van der Waals surface area contributed by atoms with Gasteiger partial charge in [-0.1, -0.05) is 30.9 Å². The first-order valence-electron chi connectivity index (χ1n) is 4.73. The molecule has 0 radical (unpaired) electrons. The van der Waals surface area contributed by atoms with Crippen LogP contribution in [0.5, 0.6) is 0 Å². The van der Waals surface area contributed by atoms with E-state index in [-0.39, 0.29) is 18.0 Å². The molecule has 0 aromatic heterocycles. The summed E-state index contributed by atoms with van der Waals surface area (Å²) in [6.45, 7) is 6.94. The fourth-order valence-electron chi connectivity index (χ4n) is 1.33. The van der Waals surface area contributed by atoms with E-state index >= 15 is 0 Å². The molecule has 1 N–H and O–H groups in total. The molecule has 0 bridgehead atoms. The van der Waals surface area contributed by atoms with Gasteiger partial charge in [0.25, 0.3) is 0 Å². The van der Waals surface area contributed by atoms with Gasteiger partial charge in [-0.3, -0.25) is 4.79 Å². The average Bonchev–Trinajstić information content (AvgIpc) is 2.17.